The first-order valence-corrected chi connectivity index (χ1v) is 10.2. The van der Waals surface area contributed by atoms with Crippen LogP contribution in [0.15, 0.2) is 36.4 Å². The molecule has 5 rings (SSSR count). The number of H-pyrrole nitrogens is 1. The van der Waals surface area contributed by atoms with E-state index in [1.807, 2.05) is 41.3 Å². The van der Waals surface area contributed by atoms with Gasteiger partial charge in [-0.15, -0.1) is 0 Å². The second-order valence-electron chi connectivity index (χ2n) is 7.10. The first-order valence-electron chi connectivity index (χ1n) is 9.46. The molecule has 1 saturated heterocycles. The molecule has 0 aliphatic carbocycles. The number of carbonyl (C=O) groups excluding carboxylic acids is 1. The lowest BCUT2D eigenvalue weighted by atomic mass is 10.1. The third-order valence-electron chi connectivity index (χ3n) is 5.27. The molecule has 4 aromatic rings. The van der Waals surface area contributed by atoms with Crippen LogP contribution >= 0.6 is 11.7 Å². The Morgan fingerprint density at radius 3 is 2.69 bits per heavy atom. The van der Waals surface area contributed by atoms with Gasteiger partial charge >= 0.3 is 0 Å². The molecule has 3 heterocycles. The summed E-state index contributed by atoms with van der Waals surface area (Å²) in [5.74, 6) is 1.79. The van der Waals surface area contributed by atoms with Gasteiger partial charge in [0.15, 0.2) is 0 Å². The maximum Gasteiger partial charge on any atom is 0.254 e. The molecular weight excluding hydrogens is 388 g/mol. The summed E-state index contributed by atoms with van der Waals surface area (Å²) in [5.41, 5.74) is 4.19. The fourth-order valence-corrected chi connectivity index (χ4v) is 4.18. The van der Waals surface area contributed by atoms with Crippen LogP contribution in [-0.4, -0.2) is 67.7 Å². The monoisotopic (exact) mass is 408 g/mol. The van der Waals surface area contributed by atoms with Gasteiger partial charge in [0.1, 0.15) is 22.6 Å². The molecule has 0 atom stereocenters. The molecule has 0 unspecified atom stereocenters. The summed E-state index contributed by atoms with van der Waals surface area (Å²) in [5, 5.41) is 0. The van der Waals surface area contributed by atoms with E-state index in [1.165, 1.54) is 11.7 Å². The number of fused-ring (bicyclic) bond motifs is 2. The van der Waals surface area contributed by atoms with Crippen LogP contribution in [-0.2, 0) is 6.54 Å². The van der Waals surface area contributed by atoms with E-state index in [9.17, 15) is 4.79 Å². The number of piperazine rings is 1. The molecule has 2 aromatic carbocycles. The predicted molar refractivity (Wildman–Crippen MR) is 111 cm³/mol. The highest BCUT2D eigenvalue weighted by Crippen LogP contribution is 2.20. The maximum absolute atomic E-state index is 12.8. The molecule has 0 radical (unpaired) electrons. The number of carbonyl (C=O) groups is 1. The van der Waals surface area contributed by atoms with Crippen molar-refractivity contribution in [3.8, 4) is 5.75 Å². The van der Waals surface area contributed by atoms with E-state index < -0.39 is 0 Å². The van der Waals surface area contributed by atoms with Crippen molar-refractivity contribution < 1.29 is 9.53 Å². The standard InChI is InChI=1S/C20H20N6O2S/c1-28-14-3-5-15-17(11-14)22-19(21-15)12-25-6-8-26(9-7-25)20(27)13-2-4-16-18(10-13)24-29-23-16/h2-5,10-11H,6-9,12H2,1H3,(H,21,22). The molecule has 9 heteroatoms. The molecule has 1 fully saturated rings. The normalized spacial score (nSPS) is 15.3. The van der Waals surface area contributed by atoms with E-state index in [0.29, 0.717) is 18.7 Å². The molecule has 2 aromatic heterocycles. The predicted octanol–water partition coefficient (Wildman–Crippen LogP) is 2.53. The minimum atomic E-state index is 0.0513. The summed E-state index contributed by atoms with van der Waals surface area (Å²) in [6.07, 6.45) is 0. The number of methoxy groups -OCH3 is 1. The lowest BCUT2D eigenvalue weighted by molar-refractivity contribution is 0.0626. The number of hydrogen-bond acceptors (Lipinski definition) is 7. The Labute approximate surface area is 171 Å². The lowest BCUT2D eigenvalue weighted by Crippen LogP contribution is -2.48. The van der Waals surface area contributed by atoms with Crippen molar-refractivity contribution in [1.82, 2.24) is 28.5 Å². The molecule has 0 spiro atoms. The summed E-state index contributed by atoms with van der Waals surface area (Å²) in [6, 6.07) is 11.4. The number of aromatic nitrogens is 4. The van der Waals surface area contributed by atoms with Gasteiger partial charge in [-0.2, -0.15) is 8.75 Å². The summed E-state index contributed by atoms with van der Waals surface area (Å²) >= 11 is 1.17. The quantitative estimate of drug-likeness (QED) is 0.558. The molecule has 148 valence electrons. The Bertz CT molecular complexity index is 1180. The van der Waals surface area contributed by atoms with Gasteiger partial charge in [0.2, 0.25) is 0 Å². The highest BCUT2D eigenvalue weighted by atomic mass is 32.1. The number of nitrogens with one attached hydrogen (secondary N) is 1. The Balaban J connectivity index is 1.22. The van der Waals surface area contributed by atoms with E-state index in [2.05, 4.69) is 23.6 Å². The molecule has 1 aliphatic heterocycles. The van der Waals surface area contributed by atoms with E-state index >= 15 is 0 Å². The minimum absolute atomic E-state index is 0.0513. The number of ether oxygens (including phenoxy) is 1. The lowest BCUT2D eigenvalue weighted by Gasteiger charge is -2.34. The molecular formula is C20H20N6O2S. The van der Waals surface area contributed by atoms with Crippen molar-refractivity contribution in [3.05, 3.63) is 47.8 Å². The molecule has 29 heavy (non-hydrogen) atoms. The first kappa shape index (κ1) is 18.0. The average molecular weight is 408 g/mol. The van der Waals surface area contributed by atoms with Crippen LogP contribution in [0.1, 0.15) is 16.2 Å². The Morgan fingerprint density at radius 1 is 1.07 bits per heavy atom. The maximum atomic E-state index is 12.8. The number of rotatable bonds is 4. The molecule has 8 nitrogen and oxygen atoms in total. The highest BCUT2D eigenvalue weighted by molar-refractivity contribution is 7.00. The second kappa shape index (κ2) is 7.41. The number of hydrogen-bond donors (Lipinski definition) is 1. The van der Waals surface area contributed by atoms with E-state index in [4.69, 9.17) is 4.74 Å². The SMILES string of the molecule is COc1ccc2nc(CN3CCN(C(=O)c4ccc5nsnc5c4)CC3)[nH]c2c1. The van der Waals surface area contributed by atoms with Crippen molar-refractivity contribution in [3.63, 3.8) is 0 Å². The molecule has 1 aliphatic rings. The van der Waals surface area contributed by atoms with Crippen molar-refractivity contribution in [1.29, 1.82) is 0 Å². The van der Waals surface area contributed by atoms with Gasteiger partial charge in [0, 0.05) is 37.8 Å². The van der Waals surface area contributed by atoms with Crippen LogP contribution in [0.3, 0.4) is 0 Å². The Hall–Kier alpha value is -3.04. The zero-order chi connectivity index (χ0) is 19.8. The molecule has 1 N–H and O–H groups in total. The van der Waals surface area contributed by atoms with Crippen molar-refractivity contribution in [2.24, 2.45) is 0 Å². The van der Waals surface area contributed by atoms with Crippen LogP contribution in [0.25, 0.3) is 22.1 Å². The minimum Gasteiger partial charge on any atom is -0.497 e. The first-order chi connectivity index (χ1) is 14.2. The van der Waals surface area contributed by atoms with E-state index in [1.54, 1.807) is 7.11 Å². The smallest absolute Gasteiger partial charge is 0.254 e. The van der Waals surface area contributed by atoms with Crippen LogP contribution < -0.4 is 4.74 Å². The highest BCUT2D eigenvalue weighted by Gasteiger charge is 2.23. The average Bonchev–Trinajstić information content (AvgIpc) is 3.38. The number of benzene rings is 2. The van der Waals surface area contributed by atoms with Gasteiger partial charge in [0.05, 0.1) is 36.4 Å². The van der Waals surface area contributed by atoms with Crippen molar-refractivity contribution in [2.75, 3.05) is 33.3 Å². The van der Waals surface area contributed by atoms with Gasteiger partial charge in [-0.3, -0.25) is 9.69 Å². The number of imidazole rings is 1. The zero-order valence-corrected chi connectivity index (χ0v) is 16.8. The van der Waals surface area contributed by atoms with Gasteiger partial charge in [-0.1, -0.05) is 0 Å². The Kier molecular flexibility index (Phi) is 4.61. The van der Waals surface area contributed by atoms with Crippen molar-refractivity contribution >= 4 is 39.7 Å². The van der Waals surface area contributed by atoms with Crippen LogP contribution in [0, 0.1) is 0 Å². The van der Waals surface area contributed by atoms with E-state index in [0.717, 1.165) is 53.3 Å². The van der Waals surface area contributed by atoms with Crippen LogP contribution in [0.2, 0.25) is 0 Å². The van der Waals surface area contributed by atoms with E-state index in [-0.39, 0.29) is 5.91 Å². The number of nitrogens with zero attached hydrogens (tertiary/aromatic N) is 5. The third kappa shape index (κ3) is 3.54. The number of aromatic amines is 1. The molecule has 0 saturated carbocycles. The van der Waals surface area contributed by atoms with Gasteiger partial charge in [0.25, 0.3) is 5.91 Å². The summed E-state index contributed by atoms with van der Waals surface area (Å²) < 4.78 is 13.7. The summed E-state index contributed by atoms with van der Waals surface area (Å²) in [4.78, 5) is 25.1. The summed E-state index contributed by atoms with van der Waals surface area (Å²) in [7, 11) is 1.66. The van der Waals surface area contributed by atoms with Gasteiger partial charge < -0.3 is 14.6 Å². The zero-order valence-electron chi connectivity index (χ0n) is 16.0. The fraction of sp³-hybridized carbons (Fsp3) is 0.300. The Morgan fingerprint density at radius 2 is 1.86 bits per heavy atom. The molecule has 0 bridgehead atoms. The van der Waals surface area contributed by atoms with Gasteiger partial charge in [-0.25, -0.2) is 4.98 Å². The summed E-state index contributed by atoms with van der Waals surface area (Å²) in [6.45, 7) is 3.75. The van der Waals surface area contributed by atoms with Crippen LogP contribution in [0.5, 0.6) is 5.75 Å². The van der Waals surface area contributed by atoms with Crippen molar-refractivity contribution in [2.45, 2.75) is 6.54 Å². The largest absolute Gasteiger partial charge is 0.497 e. The van der Waals surface area contributed by atoms with Crippen LogP contribution in [0.4, 0.5) is 0 Å². The third-order valence-corrected chi connectivity index (χ3v) is 5.83. The second-order valence-corrected chi connectivity index (χ2v) is 7.63. The topological polar surface area (TPSA) is 87.2 Å². The molecule has 1 amide bonds. The van der Waals surface area contributed by atoms with Gasteiger partial charge in [-0.05, 0) is 30.3 Å². The number of amides is 1. The fourth-order valence-electron chi connectivity index (χ4n) is 3.66.